The maximum Gasteiger partial charge on any atom is 0.270 e. The second-order valence-corrected chi connectivity index (χ2v) is 6.70. The van der Waals surface area contributed by atoms with Gasteiger partial charge in [0.2, 0.25) is 0 Å². The molecule has 1 aliphatic rings. The van der Waals surface area contributed by atoms with Gasteiger partial charge in [-0.05, 0) is 54.5 Å². The summed E-state index contributed by atoms with van der Waals surface area (Å²) in [6, 6.07) is 9.09. The number of carbonyl (C=O) groups is 2. The van der Waals surface area contributed by atoms with Gasteiger partial charge in [-0.2, -0.15) is 0 Å². The zero-order chi connectivity index (χ0) is 21.8. The van der Waals surface area contributed by atoms with Crippen LogP contribution in [0.15, 0.2) is 54.6 Å². The van der Waals surface area contributed by atoms with Crippen molar-refractivity contribution in [3.05, 3.63) is 71.6 Å². The summed E-state index contributed by atoms with van der Waals surface area (Å²) in [6.45, 7) is 3.73. The van der Waals surface area contributed by atoms with Crippen molar-refractivity contribution in [3.8, 4) is 11.5 Å². The molecule has 1 aliphatic heterocycles. The zero-order valence-electron chi connectivity index (χ0n) is 16.4. The molecular formula is C22H19FN2O4S. The van der Waals surface area contributed by atoms with Crippen LogP contribution in [0.1, 0.15) is 11.1 Å². The summed E-state index contributed by atoms with van der Waals surface area (Å²) in [5.74, 6) is -1.06. The zero-order valence-corrected chi connectivity index (χ0v) is 17.2. The molecule has 0 aliphatic carbocycles. The molecule has 2 aromatic rings. The van der Waals surface area contributed by atoms with Gasteiger partial charge in [0.25, 0.3) is 11.8 Å². The van der Waals surface area contributed by atoms with E-state index in [1.54, 1.807) is 24.3 Å². The molecular weight excluding hydrogens is 407 g/mol. The van der Waals surface area contributed by atoms with Crippen LogP contribution in [0.5, 0.6) is 11.5 Å². The van der Waals surface area contributed by atoms with Crippen LogP contribution in [0.25, 0.3) is 6.08 Å². The molecule has 0 atom stereocenters. The minimum Gasteiger partial charge on any atom is -0.493 e. The average Bonchev–Trinajstić information content (AvgIpc) is 2.72. The van der Waals surface area contributed by atoms with Crippen LogP contribution in [0, 0.1) is 5.82 Å². The van der Waals surface area contributed by atoms with Gasteiger partial charge in [0, 0.05) is 5.56 Å². The van der Waals surface area contributed by atoms with Crippen LogP contribution in [-0.2, 0) is 16.0 Å². The van der Waals surface area contributed by atoms with E-state index < -0.39 is 17.6 Å². The number of rotatable bonds is 6. The fourth-order valence-electron chi connectivity index (χ4n) is 3.13. The van der Waals surface area contributed by atoms with E-state index in [0.29, 0.717) is 23.5 Å². The highest BCUT2D eigenvalue weighted by Gasteiger charge is 2.35. The monoisotopic (exact) mass is 426 g/mol. The van der Waals surface area contributed by atoms with Crippen molar-refractivity contribution >= 4 is 40.9 Å². The number of hydrogen-bond acceptors (Lipinski definition) is 5. The van der Waals surface area contributed by atoms with Crippen molar-refractivity contribution in [3.63, 3.8) is 0 Å². The molecule has 30 heavy (non-hydrogen) atoms. The molecule has 8 heteroatoms. The highest BCUT2D eigenvalue weighted by atomic mass is 32.1. The van der Waals surface area contributed by atoms with Crippen molar-refractivity contribution in [1.82, 2.24) is 5.32 Å². The number of allylic oxidation sites excluding steroid dienone is 1. The third-order valence-electron chi connectivity index (χ3n) is 4.45. The number of halogens is 1. The SMILES string of the molecule is C=CCc1cc(/C=C2\C(=O)NC(=S)N(c3ccccc3F)C2=O)cc(OC)c1OC. The average molecular weight is 426 g/mol. The van der Waals surface area contributed by atoms with Crippen molar-refractivity contribution in [1.29, 1.82) is 0 Å². The van der Waals surface area contributed by atoms with Gasteiger partial charge < -0.3 is 9.47 Å². The van der Waals surface area contributed by atoms with E-state index >= 15 is 0 Å². The largest absolute Gasteiger partial charge is 0.493 e. The van der Waals surface area contributed by atoms with Crippen molar-refractivity contribution < 1.29 is 23.5 Å². The summed E-state index contributed by atoms with van der Waals surface area (Å²) in [6.07, 6.45) is 3.59. The number of nitrogens with zero attached hydrogens (tertiary/aromatic N) is 1. The van der Waals surface area contributed by atoms with E-state index in [2.05, 4.69) is 11.9 Å². The van der Waals surface area contributed by atoms with Gasteiger partial charge >= 0.3 is 0 Å². The van der Waals surface area contributed by atoms with E-state index in [4.69, 9.17) is 21.7 Å². The number of nitrogens with one attached hydrogen (secondary N) is 1. The quantitative estimate of drug-likeness (QED) is 0.332. The van der Waals surface area contributed by atoms with Crippen molar-refractivity contribution in [2.75, 3.05) is 19.1 Å². The van der Waals surface area contributed by atoms with E-state index in [-0.39, 0.29) is 16.4 Å². The summed E-state index contributed by atoms with van der Waals surface area (Å²) >= 11 is 5.10. The van der Waals surface area contributed by atoms with Crippen molar-refractivity contribution in [2.24, 2.45) is 0 Å². The van der Waals surface area contributed by atoms with E-state index in [1.807, 2.05) is 0 Å². The minimum absolute atomic E-state index is 0.0435. The number of ether oxygens (including phenoxy) is 2. The lowest BCUT2D eigenvalue weighted by atomic mass is 10.0. The second kappa shape index (κ2) is 8.87. The Balaban J connectivity index is 2.10. The van der Waals surface area contributed by atoms with Gasteiger partial charge in [-0.3, -0.25) is 14.9 Å². The number of benzene rings is 2. The van der Waals surface area contributed by atoms with E-state index in [0.717, 1.165) is 10.5 Å². The van der Waals surface area contributed by atoms with Gasteiger partial charge in [0.05, 0.1) is 19.9 Å². The van der Waals surface area contributed by atoms with Gasteiger partial charge in [-0.15, -0.1) is 6.58 Å². The van der Waals surface area contributed by atoms with E-state index in [9.17, 15) is 14.0 Å². The van der Waals surface area contributed by atoms with Crippen LogP contribution in [0.3, 0.4) is 0 Å². The summed E-state index contributed by atoms with van der Waals surface area (Å²) in [5.41, 5.74) is 1.06. The molecule has 0 bridgehead atoms. The first kappa shape index (κ1) is 21.2. The maximum atomic E-state index is 14.3. The second-order valence-electron chi connectivity index (χ2n) is 6.32. The van der Waals surface area contributed by atoms with Crippen LogP contribution in [-0.4, -0.2) is 31.1 Å². The fraction of sp³-hybridized carbons (Fsp3) is 0.136. The van der Waals surface area contributed by atoms with Crippen molar-refractivity contribution in [2.45, 2.75) is 6.42 Å². The maximum absolute atomic E-state index is 14.3. The lowest BCUT2D eigenvalue weighted by Crippen LogP contribution is -2.54. The number of amides is 2. The van der Waals surface area contributed by atoms with Crippen LogP contribution < -0.4 is 19.7 Å². The lowest BCUT2D eigenvalue weighted by molar-refractivity contribution is -0.122. The van der Waals surface area contributed by atoms with Gasteiger partial charge in [-0.25, -0.2) is 9.29 Å². The Labute approximate surface area is 178 Å². The summed E-state index contributed by atoms with van der Waals surface area (Å²) in [4.78, 5) is 26.5. The molecule has 2 amide bonds. The Morgan fingerprint density at radius 2 is 1.93 bits per heavy atom. The Morgan fingerprint density at radius 3 is 2.57 bits per heavy atom. The molecule has 6 nitrogen and oxygen atoms in total. The Morgan fingerprint density at radius 1 is 1.20 bits per heavy atom. The van der Waals surface area contributed by atoms with Crippen LogP contribution in [0.2, 0.25) is 0 Å². The first-order valence-corrected chi connectivity index (χ1v) is 9.33. The summed E-state index contributed by atoms with van der Waals surface area (Å²) in [5, 5.41) is 2.25. The molecule has 2 aromatic carbocycles. The third-order valence-corrected chi connectivity index (χ3v) is 4.73. The minimum atomic E-state index is -0.728. The number of methoxy groups -OCH3 is 2. The molecule has 1 fully saturated rings. The number of thiocarbonyl (C=S) groups is 1. The highest BCUT2D eigenvalue weighted by molar-refractivity contribution is 7.80. The number of carbonyl (C=O) groups excluding carboxylic acids is 2. The lowest BCUT2D eigenvalue weighted by Gasteiger charge is -2.29. The molecule has 0 spiro atoms. The third kappa shape index (κ3) is 3.95. The van der Waals surface area contributed by atoms with Gasteiger partial charge in [0.1, 0.15) is 11.4 Å². The Kier molecular flexibility index (Phi) is 6.27. The fourth-order valence-corrected chi connectivity index (χ4v) is 3.41. The number of hydrogen-bond donors (Lipinski definition) is 1. The predicted molar refractivity (Wildman–Crippen MR) is 116 cm³/mol. The molecule has 0 unspecified atom stereocenters. The standard InChI is InChI=1S/C22H19FN2O4S/c1-4-7-14-10-13(12-18(28-2)19(14)29-3)11-15-20(26)24-22(30)25(21(15)27)17-9-6-5-8-16(17)23/h4-6,8-12H,1,7H2,2-3H3,(H,24,26,30)/b15-11+. The first-order chi connectivity index (χ1) is 14.4. The van der Waals surface area contributed by atoms with Crippen LogP contribution in [0.4, 0.5) is 10.1 Å². The molecule has 0 saturated carbocycles. The molecule has 3 rings (SSSR count). The molecule has 0 aromatic heterocycles. The topological polar surface area (TPSA) is 67.9 Å². The normalized spacial score (nSPS) is 15.2. The summed E-state index contributed by atoms with van der Waals surface area (Å²) < 4.78 is 25.0. The van der Waals surface area contributed by atoms with E-state index in [1.165, 1.54) is 38.5 Å². The molecule has 0 radical (unpaired) electrons. The molecule has 1 heterocycles. The Bertz CT molecular complexity index is 1080. The highest BCUT2D eigenvalue weighted by Crippen LogP contribution is 2.34. The summed E-state index contributed by atoms with van der Waals surface area (Å²) in [7, 11) is 3.01. The smallest absolute Gasteiger partial charge is 0.270 e. The molecule has 1 N–H and O–H groups in total. The number of para-hydroxylation sites is 1. The molecule has 1 saturated heterocycles. The van der Waals surface area contributed by atoms with Crippen LogP contribution >= 0.6 is 12.2 Å². The molecule has 154 valence electrons. The number of anilines is 1. The van der Waals surface area contributed by atoms with Gasteiger partial charge in [-0.1, -0.05) is 18.2 Å². The first-order valence-electron chi connectivity index (χ1n) is 8.93. The van der Waals surface area contributed by atoms with Gasteiger partial charge in [0.15, 0.2) is 16.6 Å². The predicted octanol–water partition coefficient (Wildman–Crippen LogP) is 3.40. The Hall–Kier alpha value is -3.52.